The van der Waals surface area contributed by atoms with Crippen molar-refractivity contribution in [3.63, 3.8) is 0 Å². The van der Waals surface area contributed by atoms with Gasteiger partial charge in [0, 0.05) is 12.1 Å². The lowest BCUT2D eigenvalue weighted by Gasteiger charge is -2.23. The summed E-state index contributed by atoms with van der Waals surface area (Å²) in [5.74, 6) is 0. The van der Waals surface area contributed by atoms with Crippen LogP contribution in [0.1, 0.15) is 53.7 Å². The molecule has 0 fully saturated rings. The predicted octanol–water partition coefficient (Wildman–Crippen LogP) is 5.02. The summed E-state index contributed by atoms with van der Waals surface area (Å²) in [7, 11) is 0. The van der Waals surface area contributed by atoms with E-state index in [2.05, 4.69) is 82.4 Å². The highest BCUT2D eigenvalue weighted by Crippen LogP contribution is 2.24. The molecule has 0 heterocycles. The van der Waals surface area contributed by atoms with Crippen LogP contribution in [0.4, 0.5) is 0 Å². The van der Waals surface area contributed by atoms with Gasteiger partial charge in [-0.3, -0.25) is 0 Å². The molecule has 106 valence electrons. The van der Waals surface area contributed by atoms with Crippen molar-refractivity contribution in [1.82, 2.24) is 5.32 Å². The molecule has 20 heavy (non-hydrogen) atoms. The van der Waals surface area contributed by atoms with E-state index in [1.54, 1.807) is 0 Å². The molecule has 1 heteroatoms. The van der Waals surface area contributed by atoms with Gasteiger partial charge in [0.15, 0.2) is 0 Å². The van der Waals surface area contributed by atoms with Crippen LogP contribution in [0.2, 0.25) is 0 Å². The third-order valence-corrected chi connectivity index (χ3v) is 4.15. The Kier molecular flexibility index (Phi) is 4.61. The summed E-state index contributed by atoms with van der Waals surface area (Å²) in [6.07, 6.45) is 0. The summed E-state index contributed by atoms with van der Waals surface area (Å²) in [5, 5.41) is 3.70. The van der Waals surface area contributed by atoms with E-state index in [4.69, 9.17) is 0 Å². The molecule has 2 aromatic rings. The van der Waals surface area contributed by atoms with Crippen molar-refractivity contribution >= 4 is 0 Å². The van der Waals surface area contributed by atoms with E-state index in [-0.39, 0.29) is 0 Å². The second kappa shape index (κ2) is 6.23. The first kappa shape index (κ1) is 14.8. The van der Waals surface area contributed by atoms with E-state index in [0.717, 1.165) is 0 Å². The quantitative estimate of drug-likeness (QED) is 0.819. The molecule has 1 N–H and O–H groups in total. The highest BCUT2D eigenvalue weighted by Gasteiger charge is 2.13. The zero-order chi connectivity index (χ0) is 14.7. The Morgan fingerprint density at radius 3 is 2.00 bits per heavy atom. The molecule has 0 spiro atoms. The molecule has 0 aromatic heterocycles. The fourth-order valence-corrected chi connectivity index (χ4v) is 2.75. The zero-order valence-electron chi connectivity index (χ0n) is 13.2. The van der Waals surface area contributed by atoms with Crippen molar-refractivity contribution in [3.05, 3.63) is 70.3 Å². The van der Waals surface area contributed by atoms with Crippen LogP contribution in [-0.2, 0) is 0 Å². The van der Waals surface area contributed by atoms with E-state index in [1.165, 1.54) is 27.8 Å². The van der Waals surface area contributed by atoms with E-state index in [0.29, 0.717) is 12.1 Å². The van der Waals surface area contributed by atoms with Crippen LogP contribution < -0.4 is 5.32 Å². The van der Waals surface area contributed by atoms with Crippen molar-refractivity contribution in [2.24, 2.45) is 0 Å². The van der Waals surface area contributed by atoms with Crippen LogP contribution in [0.15, 0.2) is 42.5 Å². The highest BCUT2D eigenvalue weighted by molar-refractivity contribution is 5.38. The maximum Gasteiger partial charge on any atom is 0.0300 e. The number of aryl methyl sites for hydroxylation is 3. The van der Waals surface area contributed by atoms with Gasteiger partial charge in [-0.1, -0.05) is 42.5 Å². The average molecular weight is 267 g/mol. The third-order valence-electron chi connectivity index (χ3n) is 4.15. The normalized spacial score (nSPS) is 14.1. The Labute approximate surface area is 123 Å². The number of nitrogens with one attached hydrogen (secondary N) is 1. The van der Waals surface area contributed by atoms with Gasteiger partial charge in [-0.2, -0.15) is 0 Å². The first-order chi connectivity index (χ1) is 9.49. The maximum atomic E-state index is 3.70. The van der Waals surface area contributed by atoms with Crippen LogP contribution in [0.25, 0.3) is 0 Å². The minimum atomic E-state index is 0.351. The summed E-state index contributed by atoms with van der Waals surface area (Å²) in [5.41, 5.74) is 6.84. The maximum absolute atomic E-state index is 3.70. The number of hydrogen-bond donors (Lipinski definition) is 1. The van der Waals surface area contributed by atoms with Crippen molar-refractivity contribution in [1.29, 1.82) is 0 Å². The minimum absolute atomic E-state index is 0.351. The van der Waals surface area contributed by atoms with Gasteiger partial charge >= 0.3 is 0 Å². The molecule has 0 amide bonds. The van der Waals surface area contributed by atoms with Gasteiger partial charge in [0.1, 0.15) is 0 Å². The second-order valence-electron chi connectivity index (χ2n) is 5.81. The first-order valence-corrected chi connectivity index (χ1v) is 7.37. The Bertz CT molecular complexity index is 572. The van der Waals surface area contributed by atoms with Crippen molar-refractivity contribution in [2.45, 2.75) is 46.7 Å². The average Bonchev–Trinajstić information content (AvgIpc) is 2.43. The fourth-order valence-electron chi connectivity index (χ4n) is 2.75. The van der Waals surface area contributed by atoms with Crippen molar-refractivity contribution in [2.75, 3.05) is 0 Å². The Hall–Kier alpha value is -1.60. The topological polar surface area (TPSA) is 12.0 Å². The lowest BCUT2D eigenvalue weighted by Crippen LogP contribution is -2.23. The molecule has 0 aliphatic heterocycles. The predicted molar refractivity (Wildman–Crippen MR) is 87.1 cm³/mol. The van der Waals surface area contributed by atoms with Gasteiger partial charge in [-0.15, -0.1) is 0 Å². The molecule has 0 bridgehead atoms. The van der Waals surface area contributed by atoms with E-state index < -0.39 is 0 Å². The summed E-state index contributed by atoms with van der Waals surface area (Å²) in [6.45, 7) is 11.0. The van der Waals surface area contributed by atoms with Crippen LogP contribution in [-0.4, -0.2) is 0 Å². The van der Waals surface area contributed by atoms with Crippen LogP contribution in [0.5, 0.6) is 0 Å². The molecule has 1 unspecified atom stereocenters. The highest BCUT2D eigenvalue weighted by atomic mass is 14.9. The van der Waals surface area contributed by atoms with E-state index >= 15 is 0 Å². The largest absolute Gasteiger partial charge is 0.304 e. The van der Waals surface area contributed by atoms with E-state index in [1.807, 2.05) is 0 Å². The Morgan fingerprint density at radius 2 is 1.35 bits per heavy atom. The molecular formula is C19H25N. The Morgan fingerprint density at radius 1 is 0.750 bits per heavy atom. The molecule has 0 aliphatic carbocycles. The molecule has 0 radical (unpaired) electrons. The van der Waals surface area contributed by atoms with Crippen LogP contribution in [0, 0.1) is 20.8 Å². The minimum Gasteiger partial charge on any atom is -0.304 e. The summed E-state index contributed by atoms with van der Waals surface area (Å²) < 4.78 is 0. The molecule has 2 aromatic carbocycles. The van der Waals surface area contributed by atoms with Gasteiger partial charge in [-0.25, -0.2) is 0 Å². The van der Waals surface area contributed by atoms with Crippen LogP contribution in [0.3, 0.4) is 0 Å². The SMILES string of the molecule is Cc1cc(C)c(C(C)N[C@H](C)c2ccccc2)cc1C. The second-order valence-corrected chi connectivity index (χ2v) is 5.81. The monoisotopic (exact) mass is 267 g/mol. The molecule has 0 aliphatic rings. The van der Waals surface area contributed by atoms with Crippen LogP contribution >= 0.6 is 0 Å². The lowest BCUT2D eigenvalue weighted by molar-refractivity contribution is 0.493. The van der Waals surface area contributed by atoms with Gasteiger partial charge in [0.25, 0.3) is 0 Å². The van der Waals surface area contributed by atoms with Gasteiger partial charge < -0.3 is 5.32 Å². The standard InChI is InChI=1S/C19H25N/c1-13-11-15(3)19(12-14(13)2)17(5)20-16(4)18-9-7-6-8-10-18/h6-12,16-17,20H,1-5H3/t16-,17?/m1/s1. The molecule has 0 saturated carbocycles. The third kappa shape index (κ3) is 3.29. The summed E-state index contributed by atoms with van der Waals surface area (Å²) in [4.78, 5) is 0. The Balaban J connectivity index is 2.16. The van der Waals surface area contributed by atoms with Crippen molar-refractivity contribution < 1.29 is 0 Å². The molecular weight excluding hydrogens is 242 g/mol. The first-order valence-electron chi connectivity index (χ1n) is 7.37. The lowest BCUT2D eigenvalue weighted by atomic mass is 9.95. The van der Waals surface area contributed by atoms with E-state index in [9.17, 15) is 0 Å². The smallest absolute Gasteiger partial charge is 0.0300 e. The molecule has 1 nitrogen and oxygen atoms in total. The zero-order valence-corrected chi connectivity index (χ0v) is 13.2. The molecule has 2 atom stereocenters. The number of hydrogen-bond acceptors (Lipinski definition) is 1. The molecule has 2 rings (SSSR count). The van der Waals surface area contributed by atoms with Gasteiger partial charge in [-0.05, 0) is 62.4 Å². The number of rotatable bonds is 4. The van der Waals surface area contributed by atoms with Gasteiger partial charge in [0.05, 0.1) is 0 Å². The fraction of sp³-hybridized carbons (Fsp3) is 0.368. The summed E-state index contributed by atoms with van der Waals surface area (Å²) >= 11 is 0. The van der Waals surface area contributed by atoms with Crippen molar-refractivity contribution in [3.8, 4) is 0 Å². The number of benzene rings is 2. The van der Waals surface area contributed by atoms with Gasteiger partial charge in [0.2, 0.25) is 0 Å². The molecule has 0 saturated heterocycles. The summed E-state index contributed by atoms with van der Waals surface area (Å²) in [6, 6.07) is 15.9.